The molecule has 3 unspecified atom stereocenters. The van der Waals surface area contributed by atoms with Crippen molar-refractivity contribution in [1.82, 2.24) is 5.32 Å². The van der Waals surface area contributed by atoms with Crippen LogP contribution in [0.5, 0.6) is 0 Å². The molecule has 0 spiro atoms. The average molecular weight is 230 g/mol. The lowest BCUT2D eigenvalue weighted by Gasteiger charge is -2.27. The number of carbonyl (C=O) groups excluding carboxylic acids is 1. The zero-order valence-corrected chi connectivity index (χ0v) is 10.2. The van der Waals surface area contributed by atoms with Gasteiger partial charge in [-0.05, 0) is 12.8 Å². The second kappa shape index (κ2) is 5.12. The van der Waals surface area contributed by atoms with Crippen molar-refractivity contribution in [3.63, 3.8) is 0 Å². The molecule has 0 radical (unpaired) electrons. The molecular weight excluding hydrogens is 208 g/mol. The topological polar surface area (TPSA) is 84.6 Å². The van der Waals surface area contributed by atoms with Crippen molar-refractivity contribution in [2.24, 2.45) is 11.7 Å². The Morgan fingerprint density at radius 3 is 2.75 bits per heavy atom. The van der Waals surface area contributed by atoms with Crippen LogP contribution in [0.3, 0.4) is 0 Å². The molecule has 5 nitrogen and oxygen atoms in total. The number of carbonyl (C=O) groups is 1. The number of hydrogen-bond acceptors (Lipinski definition) is 4. The van der Waals surface area contributed by atoms with E-state index in [0.717, 1.165) is 0 Å². The summed E-state index contributed by atoms with van der Waals surface area (Å²) < 4.78 is 5.28. The number of aliphatic hydroxyl groups is 1. The first-order chi connectivity index (χ1) is 7.37. The third kappa shape index (κ3) is 2.93. The van der Waals surface area contributed by atoms with E-state index >= 15 is 0 Å². The van der Waals surface area contributed by atoms with Gasteiger partial charge in [0.1, 0.15) is 5.60 Å². The molecule has 94 valence electrons. The Bertz CT molecular complexity index is 258. The fourth-order valence-corrected chi connectivity index (χ4v) is 1.66. The van der Waals surface area contributed by atoms with Gasteiger partial charge in [-0.1, -0.05) is 13.8 Å². The quantitative estimate of drug-likeness (QED) is 0.615. The molecule has 16 heavy (non-hydrogen) atoms. The number of ether oxygens (including phenoxy) is 1. The summed E-state index contributed by atoms with van der Waals surface area (Å²) in [5.74, 6) is -0.130. The molecule has 1 aliphatic rings. The number of nitrogens with one attached hydrogen (secondary N) is 1. The zero-order chi connectivity index (χ0) is 12.3. The molecule has 0 aliphatic carbocycles. The van der Waals surface area contributed by atoms with Crippen LogP contribution in [-0.2, 0) is 9.53 Å². The molecule has 1 rings (SSSR count). The van der Waals surface area contributed by atoms with Crippen LogP contribution in [0.1, 0.15) is 27.2 Å². The van der Waals surface area contributed by atoms with Gasteiger partial charge in [-0.25, -0.2) is 0 Å². The molecule has 1 fully saturated rings. The first kappa shape index (κ1) is 13.4. The van der Waals surface area contributed by atoms with Crippen LogP contribution in [0.15, 0.2) is 0 Å². The van der Waals surface area contributed by atoms with Crippen molar-refractivity contribution in [3.05, 3.63) is 0 Å². The number of nitrogens with two attached hydrogens (primary N) is 1. The van der Waals surface area contributed by atoms with Crippen molar-refractivity contribution >= 4 is 5.91 Å². The van der Waals surface area contributed by atoms with E-state index in [4.69, 9.17) is 10.5 Å². The Kier molecular flexibility index (Phi) is 4.29. The molecule has 1 aliphatic heterocycles. The van der Waals surface area contributed by atoms with Gasteiger partial charge in [0, 0.05) is 19.6 Å². The number of hydrogen-bond donors (Lipinski definition) is 3. The maximum atomic E-state index is 11.6. The van der Waals surface area contributed by atoms with E-state index in [1.54, 1.807) is 0 Å². The summed E-state index contributed by atoms with van der Waals surface area (Å²) in [4.78, 5) is 11.6. The smallest absolute Gasteiger partial charge is 0.237 e. The van der Waals surface area contributed by atoms with Gasteiger partial charge >= 0.3 is 0 Å². The van der Waals surface area contributed by atoms with Crippen LogP contribution in [0.2, 0.25) is 0 Å². The second-order valence-electron chi connectivity index (χ2n) is 4.85. The van der Waals surface area contributed by atoms with Gasteiger partial charge in [-0.15, -0.1) is 0 Å². The lowest BCUT2D eigenvalue weighted by atomic mass is 9.96. The van der Waals surface area contributed by atoms with Crippen molar-refractivity contribution in [3.8, 4) is 0 Å². The van der Waals surface area contributed by atoms with Crippen molar-refractivity contribution in [1.29, 1.82) is 0 Å². The Labute approximate surface area is 96.3 Å². The minimum atomic E-state index is -0.952. The van der Waals surface area contributed by atoms with Crippen LogP contribution in [0.25, 0.3) is 0 Å². The summed E-state index contributed by atoms with van der Waals surface area (Å²) in [5, 5.41) is 12.8. The molecule has 5 heteroatoms. The molecule has 4 N–H and O–H groups in total. The van der Waals surface area contributed by atoms with Gasteiger partial charge in [-0.3, -0.25) is 4.79 Å². The van der Waals surface area contributed by atoms with E-state index in [2.05, 4.69) is 5.32 Å². The van der Waals surface area contributed by atoms with E-state index in [1.807, 2.05) is 20.8 Å². The van der Waals surface area contributed by atoms with E-state index < -0.39 is 11.6 Å². The molecular formula is C11H22N2O3. The molecule has 0 saturated carbocycles. The standard InChI is InChI=1S/C11H22N2O3/c1-7(2)9(12)10(14)13-6-11(15)4-5-16-8(11)3/h7-9,15H,4-6,12H2,1-3H3,(H,13,14). The highest BCUT2D eigenvalue weighted by Gasteiger charge is 2.39. The Morgan fingerprint density at radius 2 is 2.31 bits per heavy atom. The van der Waals surface area contributed by atoms with Crippen LogP contribution in [0.4, 0.5) is 0 Å². The van der Waals surface area contributed by atoms with Gasteiger partial charge < -0.3 is 20.9 Å². The van der Waals surface area contributed by atoms with E-state index in [-0.39, 0.29) is 24.5 Å². The van der Waals surface area contributed by atoms with Gasteiger partial charge in [0.2, 0.25) is 5.91 Å². The minimum Gasteiger partial charge on any atom is -0.385 e. The average Bonchev–Trinajstić information content (AvgIpc) is 2.55. The SMILES string of the molecule is CC(C)C(N)C(=O)NCC1(O)CCOC1C. The van der Waals surface area contributed by atoms with Gasteiger partial charge in [-0.2, -0.15) is 0 Å². The molecule has 1 amide bonds. The molecule has 3 atom stereocenters. The second-order valence-corrected chi connectivity index (χ2v) is 4.85. The summed E-state index contributed by atoms with van der Waals surface area (Å²) in [7, 11) is 0. The number of rotatable bonds is 4. The lowest BCUT2D eigenvalue weighted by molar-refractivity contribution is -0.125. The highest BCUT2D eigenvalue weighted by molar-refractivity contribution is 5.81. The fourth-order valence-electron chi connectivity index (χ4n) is 1.66. The van der Waals surface area contributed by atoms with Gasteiger partial charge in [0.15, 0.2) is 0 Å². The monoisotopic (exact) mass is 230 g/mol. The largest absolute Gasteiger partial charge is 0.385 e. The summed E-state index contributed by atoms with van der Waals surface area (Å²) in [6.07, 6.45) is 0.300. The fraction of sp³-hybridized carbons (Fsp3) is 0.909. The van der Waals surface area contributed by atoms with Crippen LogP contribution in [0, 0.1) is 5.92 Å². The summed E-state index contributed by atoms with van der Waals surface area (Å²) in [5.41, 5.74) is 4.75. The Balaban J connectivity index is 2.42. The Hall–Kier alpha value is -0.650. The summed E-state index contributed by atoms with van der Waals surface area (Å²) in [6, 6.07) is -0.527. The molecule has 0 bridgehead atoms. The van der Waals surface area contributed by atoms with Crippen LogP contribution in [-0.4, -0.2) is 41.9 Å². The number of amides is 1. The molecule has 0 aromatic heterocycles. The van der Waals surface area contributed by atoms with Crippen molar-refractivity contribution < 1.29 is 14.6 Å². The van der Waals surface area contributed by atoms with E-state index in [9.17, 15) is 9.90 Å². The lowest BCUT2D eigenvalue weighted by Crippen LogP contribution is -2.52. The van der Waals surface area contributed by atoms with E-state index in [1.165, 1.54) is 0 Å². The first-order valence-corrected chi connectivity index (χ1v) is 5.74. The van der Waals surface area contributed by atoms with Gasteiger partial charge in [0.25, 0.3) is 0 Å². The summed E-state index contributed by atoms with van der Waals surface area (Å²) >= 11 is 0. The minimum absolute atomic E-state index is 0.0897. The maximum Gasteiger partial charge on any atom is 0.237 e. The predicted octanol–water partition coefficient (Wildman–Crippen LogP) is -0.374. The van der Waals surface area contributed by atoms with Crippen LogP contribution >= 0.6 is 0 Å². The normalized spacial score (nSPS) is 31.8. The van der Waals surface area contributed by atoms with E-state index in [0.29, 0.717) is 13.0 Å². The molecule has 1 heterocycles. The van der Waals surface area contributed by atoms with Crippen LogP contribution < -0.4 is 11.1 Å². The summed E-state index contributed by atoms with van der Waals surface area (Å²) in [6.45, 7) is 6.32. The van der Waals surface area contributed by atoms with Crippen molar-refractivity contribution in [2.75, 3.05) is 13.2 Å². The highest BCUT2D eigenvalue weighted by Crippen LogP contribution is 2.24. The first-order valence-electron chi connectivity index (χ1n) is 5.74. The predicted molar refractivity (Wildman–Crippen MR) is 60.8 cm³/mol. The zero-order valence-electron chi connectivity index (χ0n) is 10.2. The Morgan fingerprint density at radius 1 is 1.69 bits per heavy atom. The third-order valence-corrected chi connectivity index (χ3v) is 3.25. The van der Waals surface area contributed by atoms with Gasteiger partial charge in [0.05, 0.1) is 12.1 Å². The molecule has 0 aromatic rings. The highest BCUT2D eigenvalue weighted by atomic mass is 16.5. The van der Waals surface area contributed by atoms with Crippen molar-refractivity contribution in [2.45, 2.75) is 44.9 Å². The molecule has 0 aromatic carbocycles. The third-order valence-electron chi connectivity index (χ3n) is 3.25. The molecule has 1 saturated heterocycles. The maximum absolute atomic E-state index is 11.6.